The monoisotopic (exact) mass is 336 g/mol. The summed E-state index contributed by atoms with van der Waals surface area (Å²) in [6.07, 6.45) is 0. The molecule has 0 aromatic heterocycles. The Morgan fingerprint density at radius 3 is 2.00 bits per heavy atom. The number of carbonyl (C=O) groups is 2. The lowest BCUT2D eigenvalue weighted by atomic mass is 9.93. The van der Waals surface area contributed by atoms with Gasteiger partial charge in [0.15, 0.2) is 23.2 Å². The normalized spacial score (nSPS) is 14.8. The van der Waals surface area contributed by atoms with Crippen molar-refractivity contribution in [3.63, 3.8) is 0 Å². The summed E-state index contributed by atoms with van der Waals surface area (Å²) in [5.41, 5.74) is 0.257. The van der Waals surface area contributed by atoms with Crippen LogP contribution in [0.1, 0.15) is 32.2 Å². The van der Waals surface area contributed by atoms with Crippen molar-refractivity contribution >= 4 is 27.5 Å². The molecule has 0 N–H and O–H groups in total. The van der Waals surface area contributed by atoms with Gasteiger partial charge in [-0.05, 0) is 12.1 Å². The molecule has 1 aliphatic rings. The maximum atomic E-state index is 14.0. The molecule has 0 saturated carbocycles. The molecular weight excluding hydrogens is 330 g/mol. The molecule has 0 unspecified atom stereocenters. The molecule has 20 heavy (non-hydrogen) atoms. The first-order chi connectivity index (χ1) is 9.52. The fourth-order valence-electron chi connectivity index (χ4n) is 2.41. The second-order valence-corrected chi connectivity index (χ2v) is 5.32. The highest BCUT2D eigenvalue weighted by molar-refractivity contribution is 9.10. The molecule has 0 heterocycles. The minimum absolute atomic E-state index is 0.205. The van der Waals surface area contributed by atoms with E-state index < -0.39 is 29.1 Å². The fraction of sp³-hybridized carbons (Fsp3) is 0.0667. The SMILES string of the molecule is O=C1c2ccccc2C(=O)C1c1c(Br)ccc(F)c1F. The van der Waals surface area contributed by atoms with Crippen LogP contribution >= 0.6 is 15.9 Å². The second kappa shape index (κ2) is 4.59. The Balaban J connectivity index is 2.22. The Kier molecular flexibility index (Phi) is 3.01. The largest absolute Gasteiger partial charge is 0.293 e. The highest BCUT2D eigenvalue weighted by Gasteiger charge is 2.42. The van der Waals surface area contributed by atoms with Crippen LogP contribution in [0.5, 0.6) is 0 Å². The Morgan fingerprint density at radius 2 is 1.45 bits per heavy atom. The van der Waals surface area contributed by atoms with Crippen molar-refractivity contribution in [2.75, 3.05) is 0 Å². The van der Waals surface area contributed by atoms with Gasteiger partial charge < -0.3 is 0 Å². The van der Waals surface area contributed by atoms with Gasteiger partial charge in [0.1, 0.15) is 5.92 Å². The van der Waals surface area contributed by atoms with E-state index in [9.17, 15) is 18.4 Å². The third-order valence-corrected chi connectivity index (χ3v) is 4.04. The van der Waals surface area contributed by atoms with Crippen molar-refractivity contribution in [1.29, 1.82) is 0 Å². The van der Waals surface area contributed by atoms with Crippen molar-refractivity contribution in [2.45, 2.75) is 5.92 Å². The van der Waals surface area contributed by atoms with Gasteiger partial charge in [-0.25, -0.2) is 8.78 Å². The number of Topliss-reactive ketones (excluding diaryl/α,β-unsaturated/α-hetero) is 2. The van der Waals surface area contributed by atoms with E-state index in [1.165, 1.54) is 18.2 Å². The molecule has 0 radical (unpaired) electrons. The standard InChI is InChI=1S/C15H7BrF2O2/c16-9-5-6-10(17)13(18)11(9)12-14(19)7-3-1-2-4-8(7)15(12)20/h1-6,12H. The molecule has 100 valence electrons. The van der Waals surface area contributed by atoms with E-state index in [4.69, 9.17) is 0 Å². The van der Waals surface area contributed by atoms with Gasteiger partial charge >= 0.3 is 0 Å². The molecule has 0 bridgehead atoms. The van der Waals surface area contributed by atoms with E-state index in [0.717, 1.165) is 6.07 Å². The topological polar surface area (TPSA) is 34.1 Å². The molecule has 2 aromatic carbocycles. The van der Waals surface area contributed by atoms with E-state index in [2.05, 4.69) is 15.9 Å². The molecule has 2 nitrogen and oxygen atoms in total. The van der Waals surface area contributed by atoms with E-state index in [-0.39, 0.29) is 21.2 Å². The number of hydrogen-bond acceptors (Lipinski definition) is 2. The van der Waals surface area contributed by atoms with Crippen molar-refractivity contribution in [3.8, 4) is 0 Å². The number of carbonyl (C=O) groups excluding carboxylic acids is 2. The van der Waals surface area contributed by atoms with Crippen molar-refractivity contribution in [3.05, 3.63) is 69.2 Å². The van der Waals surface area contributed by atoms with Crippen LogP contribution in [-0.2, 0) is 0 Å². The van der Waals surface area contributed by atoms with E-state index >= 15 is 0 Å². The van der Waals surface area contributed by atoms with E-state index in [1.807, 2.05) is 0 Å². The van der Waals surface area contributed by atoms with Crippen molar-refractivity contribution in [2.24, 2.45) is 0 Å². The third kappa shape index (κ3) is 1.73. The van der Waals surface area contributed by atoms with Gasteiger partial charge in [-0.3, -0.25) is 9.59 Å². The zero-order chi connectivity index (χ0) is 14.4. The zero-order valence-electron chi connectivity index (χ0n) is 9.99. The highest BCUT2D eigenvalue weighted by Crippen LogP contribution is 2.38. The highest BCUT2D eigenvalue weighted by atomic mass is 79.9. The lowest BCUT2D eigenvalue weighted by Crippen LogP contribution is -2.16. The molecular formula is C15H7BrF2O2. The Bertz CT molecular complexity index is 721. The molecule has 2 aromatic rings. The van der Waals surface area contributed by atoms with Gasteiger partial charge in [-0.1, -0.05) is 40.2 Å². The first-order valence-corrected chi connectivity index (χ1v) is 6.62. The quantitative estimate of drug-likeness (QED) is 0.584. The molecule has 0 aliphatic heterocycles. The minimum Gasteiger partial charge on any atom is -0.293 e. The number of fused-ring (bicyclic) bond motifs is 1. The first-order valence-electron chi connectivity index (χ1n) is 5.83. The average Bonchev–Trinajstić information content (AvgIpc) is 2.69. The molecule has 0 fully saturated rings. The number of ketones is 2. The first kappa shape index (κ1) is 13.1. The summed E-state index contributed by atoms with van der Waals surface area (Å²) in [7, 11) is 0. The summed E-state index contributed by atoms with van der Waals surface area (Å²) < 4.78 is 27.6. The van der Waals surface area contributed by atoms with Crippen LogP contribution in [0.2, 0.25) is 0 Å². The van der Waals surface area contributed by atoms with Crippen LogP contribution in [-0.4, -0.2) is 11.6 Å². The van der Waals surface area contributed by atoms with Crippen LogP contribution in [0.15, 0.2) is 40.9 Å². The van der Waals surface area contributed by atoms with Crippen LogP contribution < -0.4 is 0 Å². The van der Waals surface area contributed by atoms with Gasteiger partial charge in [0.05, 0.1) is 0 Å². The Morgan fingerprint density at radius 1 is 0.900 bits per heavy atom. The van der Waals surface area contributed by atoms with Crippen LogP contribution in [0, 0.1) is 11.6 Å². The number of hydrogen-bond donors (Lipinski definition) is 0. The summed E-state index contributed by atoms with van der Waals surface area (Å²) in [5.74, 6) is -4.58. The Labute approximate surface area is 121 Å². The van der Waals surface area contributed by atoms with Gasteiger partial charge in [0, 0.05) is 21.2 Å². The van der Waals surface area contributed by atoms with Crippen molar-refractivity contribution in [1.82, 2.24) is 0 Å². The predicted molar refractivity (Wildman–Crippen MR) is 71.9 cm³/mol. The van der Waals surface area contributed by atoms with E-state index in [0.29, 0.717) is 0 Å². The molecule has 0 atom stereocenters. The number of halogens is 3. The summed E-state index contributed by atoms with van der Waals surface area (Å²) >= 11 is 3.08. The summed E-state index contributed by atoms with van der Waals surface area (Å²) in [6, 6.07) is 8.52. The van der Waals surface area contributed by atoms with Gasteiger partial charge in [-0.15, -0.1) is 0 Å². The number of rotatable bonds is 1. The van der Waals surface area contributed by atoms with Gasteiger partial charge in [-0.2, -0.15) is 0 Å². The summed E-state index contributed by atoms with van der Waals surface area (Å²) in [5, 5.41) is 0. The lowest BCUT2D eigenvalue weighted by Gasteiger charge is -2.11. The van der Waals surface area contributed by atoms with Gasteiger partial charge in [0.2, 0.25) is 0 Å². The predicted octanol–water partition coefficient (Wildman–Crippen LogP) is 3.89. The van der Waals surface area contributed by atoms with E-state index in [1.54, 1.807) is 12.1 Å². The average molecular weight is 337 g/mol. The maximum Gasteiger partial charge on any atom is 0.179 e. The minimum atomic E-state index is -1.32. The lowest BCUT2D eigenvalue weighted by molar-refractivity contribution is 0.0887. The van der Waals surface area contributed by atoms with Crippen LogP contribution in [0.4, 0.5) is 8.78 Å². The molecule has 5 heteroatoms. The fourth-order valence-corrected chi connectivity index (χ4v) is 2.95. The number of benzene rings is 2. The zero-order valence-corrected chi connectivity index (χ0v) is 11.6. The second-order valence-electron chi connectivity index (χ2n) is 4.46. The molecule has 3 rings (SSSR count). The van der Waals surface area contributed by atoms with Crippen LogP contribution in [0.3, 0.4) is 0 Å². The summed E-state index contributed by atoms with van der Waals surface area (Å²) in [6.45, 7) is 0. The molecule has 0 amide bonds. The summed E-state index contributed by atoms with van der Waals surface area (Å²) in [4.78, 5) is 24.6. The Hall–Kier alpha value is -1.88. The van der Waals surface area contributed by atoms with Crippen LogP contribution in [0.25, 0.3) is 0 Å². The molecule has 0 spiro atoms. The van der Waals surface area contributed by atoms with Gasteiger partial charge in [0.25, 0.3) is 0 Å². The smallest absolute Gasteiger partial charge is 0.179 e. The van der Waals surface area contributed by atoms with Crippen molar-refractivity contribution < 1.29 is 18.4 Å². The third-order valence-electron chi connectivity index (χ3n) is 3.35. The maximum absolute atomic E-state index is 14.0. The molecule has 1 aliphatic carbocycles. The molecule has 0 saturated heterocycles.